The summed E-state index contributed by atoms with van der Waals surface area (Å²) in [7, 11) is 0. The van der Waals surface area contributed by atoms with Gasteiger partial charge in [-0.1, -0.05) is 49.1 Å². The molecule has 0 saturated heterocycles. The Morgan fingerprint density at radius 3 is 2.61 bits per heavy atom. The van der Waals surface area contributed by atoms with Gasteiger partial charge in [0.05, 0.1) is 10.6 Å². The quantitative estimate of drug-likeness (QED) is 0.538. The molecule has 1 saturated carbocycles. The Morgan fingerprint density at radius 2 is 1.96 bits per heavy atom. The van der Waals surface area contributed by atoms with Crippen LogP contribution in [0.15, 0.2) is 42.5 Å². The Morgan fingerprint density at radius 1 is 1.25 bits per heavy atom. The minimum Gasteiger partial charge on any atom is -0.379 e. The maximum absolute atomic E-state index is 13.2. The molecule has 0 bridgehead atoms. The SMILES string of the molecule is N#Cc1ccc(NC(=O)C(O)(Cc2ccccc2I)C2CCCCC2)cc1Cl. The summed E-state index contributed by atoms with van der Waals surface area (Å²) in [5, 5.41) is 23.7. The summed E-state index contributed by atoms with van der Waals surface area (Å²) in [4.78, 5) is 13.2. The molecular weight excluding hydrogens is 487 g/mol. The second kappa shape index (κ2) is 9.25. The third-order valence-electron chi connectivity index (χ3n) is 5.44. The second-order valence-electron chi connectivity index (χ2n) is 7.29. The normalized spacial score (nSPS) is 16.8. The number of nitrogens with zero attached hydrogens (tertiary/aromatic N) is 1. The molecule has 2 aromatic carbocycles. The lowest BCUT2D eigenvalue weighted by molar-refractivity contribution is -0.141. The van der Waals surface area contributed by atoms with E-state index in [-0.39, 0.29) is 17.4 Å². The maximum Gasteiger partial charge on any atom is 0.256 e. The zero-order valence-electron chi connectivity index (χ0n) is 15.4. The topological polar surface area (TPSA) is 73.1 Å². The lowest BCUT2D eigenvalue weighted by Gasteiger charge is -2.37. The molecule has 0 aromatic heterocycles. The van der Waals surface area contributed by atoms with E-state index in [0.29, 0.717) is 11.3 Å². The Kier molecular flexibility index (Phi) is 6.97. The number of aliphatic hydroxyl groups is 1. The number of anilines is 1. The van der Waals surface area contributed by atoms with Gasteiger partial charge in [0.25, 0.3) is 5.91 Å². The van der Waals surface area contributed by atoms with Crippen molar-refractivity contribution in [2.75, 3.05) is 5.32 Å². The van der Waals surface area contributed by atoms with Crippen molar-refractivity contribution in [2.45, 2.75) is 44.1 Å². The summed E-state index contributed by atoms with van der Waals surface area (Å²) in [5.41, 5.74) is 0.290. The van der Waals surface area contributed by atoms with E-state index in [1.807, 2.05) is 30.3 Å². The number of carbonyl (C=O) groups is 1. The number of carbonyl (C=O) groups excluding carboxylic acids is 1. The first-order chi connectivity index (χ1) is 13.4. The molecule has 28 heavy (non-hydrogen) atoms. The zero-order valence-corrected chi connectivity index (χ0v) is 18.3. The first-order valence-corrected chi connectivity index (χ1v) is 10.9. The van der Waals surface area contributed by atoms with Crippen molar-refractivity contribution in [3.05, 3.63) is 62.2 Å². The fraction of sp³-hybridized carbons (Fsp3) is 0.364. The molecular formula is C22H22ClIN2O2. The Bertz CT molecular complexity index is 906. The van der Waals surface area contributed by atoms with E-state index >= 15 is 0 Å². The molecule has 2 aromatic rings. The summed E-state index contributed by atoms with van der Waals surface area (Å²) < 4.78 is 1.03. The number of nitrogens with one attached hydrogen (secondary N) is 1. The molecule has 1 aliphatic rings. The standard InChI is InChI=1S/C22H22ClIN2O2/c23-19-12-18(11-10-16(19)14-25)26-21(27)22(28,17-7-2-1-3-8-17)13-15-6-4-5-9-20(15)24/h4-6,9-12,17,28H,1-3,7-8,13H2,(H,26,27). The van der Waals surface area contributed by atoms with E-state index in [1.54, 1.807) is 18.2 Å². The molecule has 0 heterocycles. The lowest BCUT2D eigenvalue weighted by atomic mass is 9.73. The van der Waals surface area contributed by atoms with Gasteiger partial charge in [-0.3, -0.25) is 4.79 Å². The van der Waals surface area contributed by atoms with Crippen molar-refractivity contribution in [3.63, 3.8) is 0 Å². The highest BCUT2D eigenvalue weighted by Crippen LogP contribution is 2.37. The third-order valence-corrected chi connectivity index (χ3v) is 6.80. The molecule has 2 N–H and O–H groups in total. The van der Waals surface area contributed by atoms with Crippen molar-refractivity contribution in [1.29, 1.82) is 5.26 Å². The first kappa shape index (κ1) is 21.1. The molecule has 1 atom stereocenters. The van der Waals surface area contributed by atoms with Crippen LogP contribution < -0.4 is 5.32 Å². The van der Waals surface area contributed by atoms with Gasteiger partial charge >= 0.3 is 0 Å². The molecule has 6 heteroatoms. The average Bonchev–Trinajstić information content (AvgIpc) is 2.70. The predicted molar refractivity (Wildman–Crippen MR) is 119 cm³/mol. The van der Waals surface area contributed by atoms with Gasteiger partial charge in [-0.2, -0.15) is 5.26 Å². The number of halogens is 2. The van der Waals surface area contributed by atoms with Crippen molar-refractivity contribution in [1.82, 2.24) is 0 Å². The minimum absolute atomic E-state index is 0.0916. The van der Waals surface area contributed by atoms with Gasteiger partial charge < -0.3 is 10.4 Å². The average molecular weight is 509 g/mol. The van der Waals surface area contributed by atoms with Crippen LogP contribution >= 0.6 is 34.2 Å². The lowest BCUT2D eigenvalue weighted by Crippen LogP contribution is -2.51. The van der Waals surface area contributed by atoms with Crippen LogP contribution in [0.1, 0.15) is 43.2 Å². The maximum atomic E-state index is 13.2. The van der Waals surface area contributed by atoms with Gasteiger partial charge in [-0.25, -0.2) is 0 Å². The van der Waals surface area contributed by atoms with Crippen LogP contribution in [-0.2, 0) is 11.2 Å². The number of rotatable bonds is 5. The van der Waals surface area contributed by atoms with E-state index in [4.69, 9.17) is 16.9 Å². The molecule has 4 nitrogen and oxygen atoms in total. The van der Waals surface area contributed by atoms with E-state index in [0.717, 1.165) is 41.2 Å². The van der Waals surface area contributed by atoms with E-state index in [9.17, 15) is 9.90 Å². The molecule has 1 fully saturated rings. The Hall–Kier alpha value is -1.62. The minimum atomic E-state index is -1.50. The number of hydrogen-bond donors (Lipinski definition) is 2. The van der Waals surface area contributed by atoms with Crippen molar-refractivity contribution in [3.8, 4) is 6.07 Å². The van der Waals surface area contributed by atoms with Crippen LogP contribution in [0.4, 0.5) is 5.69 Å². The highest BCUT2D eigenvalue weighted by molar-refractivity contribution is 14.1. The summed E-state index contributed by atoms with van der Waals surface area (Å²) in [6.45, 7) is 0. The van der Waals surface area contributed by atoms with Crippen molar-refractivity contribution < 1.29 is 9.90 Å². The van der Waals surface area contributed by atoms with Crippen LogP contribution in [0.3, 0.4) is 0 Å². The number of hydrogen-bond acceptors (Lipinski definition) is 3. The largest absolute Gasteiger partial charge is 0.379 e. The molecule has 146 valence electrons. The fourth-order valence-corrected chi connectivity index (χ4v) is 4.65. The van der Waals surface area contributed by atoms with Crippen LogP contribution in [0.25, 0.3) is 0 Å². The number of amides is 1. The van der Waals surface area contributed by atoms with Gasteiger partial charge in [0.15, 0.2) is 0 Å². The molecule has 1 aliphatic carbocycles. The second-order valence-corrected chi connectivity index (χ2v) is 8.86. The van der Waals surface area contributed by atoms with Crippen LogP contribution in [0.2, 0.25) is 5.02 Å². The van der Waals surface area contributed by atoms with Crippen molar-refractivity contribution >= 4 is 45.8 Å². The molecule has 1 unspecified atom stereocenters. The first-order valence-electron chi connectivity index (χ1n) is 9.41. The van der Waals surface area contributed by atoms with E-state index in [1.165, 1.54) is 0 Å². The van der Waals surface area contributed by atoms with E-state index < -0.39 is 11.5 Å². The Balaban J connectivity index is 1.89. The van der Waals surface area contributed by atoms with Gasteiger partial charge in [0, 0.05) is 15.7 Å². The zero-order chi connectivity index (χ0) is 20.1. The van der Waals surface area contributed by atoms with Gasteiger partial charge in [0.2, 0.25) is 0 Å². The summed E-state index contributed by atoms with van der Waals surface area (Å²) in [6.07, 6.45) is 5.13. The van der Waals surface area contributed by atoms with Crippen LogP contribution in [-0.4, -0.2) is 16.6 Å². The van der Waals surface area contributed by atoms with Gasteiger partial charge in [-0.05, 0) is 71.2 Å². The summed E-state index contributed by atoms with van der Waals surface area (Å²) in [6, 6.07) is 14.6. The number of benzene rings is 2. The molecule has 3 rings (SSSR count). The van der Waals surface area contributed by atoms with Crippen molar-refractivity contribution in [2.24, 2.45) is 5.92 Å². The Labute approximate surface area is 184 Å². The van der Waals surface area contributed by atoms with E-state index in [2.05, 4.69) is 27.9 Å². The van der Waals surface area contributed by atoms with Crippen LogP contribution in [0, 0.1) is 20.8 Å². The number of nitriles is 1. The highest BCUT2D eigenvalue weighted by atomic mass is 127. The smallest absolute Gasteiger partial charge is 0.256 e. The summed E-state index contributed by atoms with van der Waals surface area (Å²) >= 11 is 8.33. The molecule has 0 radical (unpaired) electrons. The van der Waals surface area contributed by atoms with Crippen LogP contribution in [0.5, 0.6) is 0 Å². The van der Waals surface area contributed by atoms with Gasteiger partial charge in [0.1, 0.15) is 11.7 Å². The molecule has 1 amide bonds. The molecule has 0 aliphatic heterocycles. The monoisotopic (exact) mass is 508 g/mol. The highest BCUT2D eigenvalue weighted by Gasteiger charge is 2.44. The third kappa shape index (κ3) is 4.68. The predicted octanol–water partition coefficient (Wildman–Crippen LogP) is 5.31. The fourth-order valence-electron chi connectivity index (χ4n) is 3.85. The molecule has 0 spiro atoms. The summed E-state index contributed by atoms with van der Waals surface area (Å²) in [5.74, 6) is -0.508. The van der Waals surface area contributed by atoms with Gasteiger partial charge in [-0.15, -0.1) is 0 Å².